The summed E-state index contributed by atoms with van der Waals surface area (Å²) in [5, 5.41) is 0. The normalized spacial score (nSPS) is 12.2. The van der Waals surface area contributed by atoms with E-state index >= 15 is 0 Å². The van der Waals surface area contributed by atoms with Crippen molar-refractivity contribution in [1.82, 2.24) is 8.28 Å². The van der Waals surface area contributed by atoms with Crippen LogP contribution in [-0.4, -0.2) is 30.3 Å². The smallest absolute Gasteiger partial charge is 0.233 e. The lowest BCUT2D eigenvalue weighted by Crippen LogP contribution is -2.39. The first-order valence-electron chi connectivity index (χ1n) is 9.99. The van der Waals surface area contributed by atoms with Gasteiger partial charge in [-0.05, 0) is 12.8 Å². The lowest BCUT2D eigenvalue weighted by Gasteiger charge is -2.11. The Kier molecular flexibility index (Phi) is 10.4. The summed E-state index contributed by atoms with van der Waals surface area (Å²) in [4.78, 5) is 0. The van der Waals surface area contributed by atoms with Crippen LogP contribution in [0.1, 0.15) is 83.9 Å². The molecule has 0 amide bonds. The lowest BCUT2D eigenvalue weighted by atomic mass is 10.1. The molecule has 0 bridgehead atoms. The van der Waals surface area contributed by atoms with Crippen LogP contribution in [0.25, 0.3) is 0 Å². The maximum Gasteiger partial charge on any atom is 0.379 e. The molecule has 1 heterocycles. The van der Waals surface area contributed by atoms with Gasteiger partial charge in [0.05, 0.1) is 6.54 Å². The van der Waals surface area contributed by atoms with Crippen molar-refractivity contribution >= 4 is 10.2 Å². The molecule has 0 saturated heterocycles. The van der Waals surface area contributed by atoms with Gasteiger partial charge in [0.1, 0.15) is 12.4 Å². The van der Waals surface area contributed by atoms with Crippen LogP contribution in [0.5, 0.6) is 0 Å². The Balaban J connectivity index is 2.29. The van der Waals surface area contributed by atoms with Gasteiger partial charge in [0.15, 0.2) is 0 Å². The number of imidazole rings is 1. The molecular weight excluding hydrogens is 334 g/mol. The number of aromatic nitrogens is 2. The Morgan fingerprint density at radius 1 is 0.960 bits per heavy atom. The number of hydrogen-bond acceptors (Lipinski definition) is 2. The maximum absolute atomic E-state index is 12.4. The van der Waals surface area contributed by atoms with E-state index in [1.165, 1.54) is 66.1 Å². The standard InChI is InChI=1S/C19H38N3O2S/c1-5-7-8-9-10-11-12-13-14-15-16-21-17-18-22(19(21)3)25(23,24)20(4)6-2/h17-18H,5-16H2,1-4H3/q+1. The first-order chi connectivity index (χ1) is 11.9. The summed E-state index contributed by atoms with van der Waals surface area (Å²) in [6.45, 7) is 7.33. The molecule has 0 aliphatic rings. The summed E-state index contributed by atoms with van der Waals surface area (Å²) >= 11 is 0. The van der Waals surface area contributed by atoms with E-state index < -0.39 is 10.2 Å². The summed E-state index contributed by atoms with van der Waals surface area (Å²) in [5.74, 6) is 0.774. The minimum absolute atomic E-state index is 0.471. The molecule has 146 valence electrons. The minimum atomic E-state index is -3.42. The van der Waals surface area contributed by atoms with Crippen molar-refractivity contribution in [3.05, 3.63) is 18.2 Å². The summed E-state index contributed by atoms with van der Waals surface area (Å²) < 4.78 is 29.6. The first kappa shape index (κ1) is 22.2. The van der Waals surface area contributed by atoms with Gasteiger partial charge in [0, 0.05) is 20.5 Å². The molecule has 5 nitrogen and oxygen atoms in total. The molecule has 6 heteroatoms. The van der Waals surface area contributed by atoms with Crippen LogP contribution in [-0.2, 0) is 16.8 Å². The number of nitrogens with zero attached hydrogens (tertiary/aromatic N) is 3. The first-order valence-corrected chi connectivity index (χ1v) is 11.4. The maximum atomic E-state index is 12.4. The molecule has 0 aromatic carbocycles. The van der Waals surface area contributed by atoms with Crippen molar-refractivity contribution in [3.8, 4) is 0 Å². The van der Waals surface area contributed by atoms with E-state index in [1.54, 1.807) is 13.2 Å². The molecule has 0 saturated carbocycles. The Morgan fingerprint density at radius 3 is 2.00 bits per heavy atom. The van der Waals surface area contributed by atoms with Gasteiger partial charge >= 0.3 is 10.2 Å². The average Bonchev–Trinajstić information content (AvgIpc) is 2.97. The van der Waals surface area contributed by atoms with E-state index in [1.807, 2.05) is 24.6 Å². The van der Waals surface area contributed by atoms with Crippen LogP contribution in [0, 0.1) is 6.92 Å². The third-order valence-electron chi connectivity index (χ3n) is 4.96. The zero-order valence-electron chi connectivity index (χ0n) is 16.7. The summed E-state index contributed by atoms with van der Waals surface area (Å²) in [7, 11) is -1.81. The number of hydrogen-bond donors (Lipinski definition) is 0. The fourth-order valence-corrected chi connectivity index (χ4v) is 4.32. The van der Waals surface area contributed by atoms with Gasteiger partial charge in [0.2, 0.25) is 0 Å². The quantitative estimate of drug-likeness (QED) is 0.365. The van der Waals surface area contributed by atoms with Gasteiger partial charge in [-0.25, -0.2) is 4.57 Å². The molecular formula is C19H38N3O2S+. The van der Waals surface area contributed by atoms with Crippen LogP contribution in [0.2, 0.25) is 0 Å². The van der Waals surface area contributed by atoms with Gasteiger partial charge in [-0.1, -0.05) is 65.2 Å². The second kappa shape index (κ2) is 11.7. The van der Waals surface area contributed by atoms with Gasteiger partial charge in [-0.3, -0.25) is 0 Å². The molecule has 1 rings (SSSR count). The molecule has 0 aliphatic carbocycles. The molecule has 0 N–H and O–H groups in total. The Labute approximate surface area is 155 Å². The van der Waals surface area contributed by atoms with Crippen molar-refractivity contribution in [3.63, 3.8) is 0 Å². The zero-order valence-corrected chi connectivity index (χ0v) is 17.5. The highest BCUT2D eigenvalue weighted by Gasteiger charge is 2.28. The third kappa shape index (κ3) is 7.10. The van der Waals surface area contributed by atoms with E-state index in [4.69, 9.17) is 0 Å². The van der Waals surface area contributed by atoms with Gasteiger partial charge in [-0.2, -0.15) is 12.7 Å². The molecule has 0 unspecified atom stereocenters. The van der Waals surface area contributed by atoms with Gasteiger partial charge in [0.25, 0.3) is 5.82 Å². The largest absolute Gasteiger partial charge is 0.379 e. The average molecular weight is 373 g/mol. The Hall–Kier alpha value is -0.880. The van der Waals surface area contributed by atoms with Crippen LogP contribution in [0.3, 0.4) is 0 Å². The predicted octanol–water partition coefficient (Wildman–Crippen LogP) is 4.05. The monoisotopic (exact) mass is 372 g/mol. The van der Waals surface area contributed by atoms with Crippen molar-refractivity contribution in [2.75, 3.05) is 13.6 Å². The fourth-order valence-electron chi connectivity index (χ4n) is 3.05. The van der Waals surface area contributed by atoms with Crippen molar-refractivity contribution in [2.45, 2.75) is 91.5 Å². The predicted molar refractivity (Wildman–Crippen MR) is 104 cm³/mol. The number of rotatable bonds is 14. The highest BCUT2D eigenvalue weighted by Crippen LogP contribution is 2.11. The molecule has 0 aliphatic heterocycles. The van der Waals surface area contributed by atoms with Crippen molar-refractivity contribution in [1.29, 1.82) is 0 Å². The highest BCUT2D eigenvalue weighted by molar-refractivity contribution is 7.87. The zero-order chi connectivity index (χ0) is 18.7. The third-order valence-corrected chi connectivity index (χ3v) is 6.89. The molecule has 0 atom stereocenters. The van der Waals surface area contributed by atoms with Crippen LogP contribution >= 0.6 is 0 Å². The van der Waals surface area contributed by atoms with Crippen molar-refractivity contribution < 1.29 is 13.0 Å². The fraction of sp³-hybridized carbons (Fsp3) is 0.842. The second-order valence-corrected chi connectivity index (χ2v) is 8.85. The molecule has 1 aromatic heterocycles. The van der Waals surface area contributed by atoms with E-state index in [0.29, 0.717) is 6.54 Å². The number of aryl methyl sites for hydroxylation is 1. The van der Waals surface area contributed by atoms with Crippen molar-refractivity contribution in [2.24, 2.45) is 0 Å². The Bertz CT molecular complexity index is 581. The topological polar surface area (TPSA) is 46.2 Å². The highest BCUT2D eigenvalue weighted by atomic mass is 32.2. The Morgan fingerprint density at radius 2 is 1.48 bits per heavy atom. The molecule has 1 aromatic rings. The van der Waals surface area contributed by atoms with E-state index in [9.17, 15) is 8.42 Å². The van der Waals surface area contributed by atoms with Gasteiger partial charge in [-0.15, -0.1) is 3.97 Å². The van der Waals surface area contributed by atoms with Crippen LogP contribution in [0.4, 0.5) is 0 Å². The minimum Gasteiger partial charge on any atom is -0.233 e. The van der Waals surface area contributed by atoms with Crippen LogP contribution < -0.4 is 4.57 Å². The molecule has 0 spiro atoms. The second-order valence-electron chi connectivity index (χ2n) is 6.94. The SMILES string of the molecule is CCCCCCCCCCCC[n+]1ccn(S(=O)(=O)N(C)CC)c1C. The molecule has 25 heavy (non-hydrogen) atoms. The van der Waals surface area contributed by atoms with E-state index in [0.717, 1.165) is 18.8 Å². The lowest BCUT2D eigenvalue weighted by molar-refractivity contribution is -0.702. The van der Waals surface area contributed by atoms with Crippen LogP contribution in [0.15, 0.2) is 12.4 Å². The number of unbranched alkanes of at least 4 members (excludes halogenated alkanes) is 9. The summed E-state index contributed by atoms with van der Waals surface area (Å²) in [6.07, 6.45) is 16.7. The molecule has 0 radical (unpaired) electrons. The summed E-state index contributed by atoms with van der Waals surface area (Å²) in [5.41, 5.74) is 0. The summed E-state index contributed by atoms with van der Waals surface area (Å²) in [6, 6.07) is 0. The van der Waals surface area contributed by atoms with E-state index in [-0.39, 0.29) is 0 Å². The van der Waals surface area contributed by atoms with Gasteiger partial charge < -0.3 is 0 Å². The molecule has 0 fully saturated rings. The van der Waals surface area contributed by atoms with E-state index in [2.05, 4.69) is 6.92 Å².